The smallest absolute Gasteiger partial charge is 0.178 e. The van der Waals surface area contributed by atoms with E-state index in [1.807, 2.05) is 6.08 Å². The molecule has 4 nitrogen and oxygen atoms in total. The molecule has 140 valence electrons. The Morgan fingerprint density at radius 2 is 1.92 bits per heavy atom. The molecular formula is C22H28O4. The third-order valence-corrected chi connectivity index (χ3v) is 8.35. The molecule has 0 heterocycles. The molecule has 4 aliphatic carbocycles. The van der Waals surface area contributed by atoms with Crippen LogP contribution in [0.3, 0.4) is 0 Å². The second-order valence-corrected chi connectivity index (χ2v) is 9.58. The van der Waals surface area contributed by atoms with Crippen LogP contribution in [-0.2, 0) is 14.4 Å². The summed E-state index contributed by atoms with van der Waals surface area (Å²) in [5.41, 5.74) is 0.169. The van der Waals surface area contributed by atoms with Gasteiger partial charge < -0.3 is 5.11 Å². The topological polar surface area (TPSA) is 71.4 Å². The number of Topliss-reactive ketones (excluding diaryl/α,β-unsaturated/α-hetero) is 2. The molecule has 0 spiro atoms. The molecule has 0 bridgehead atoms. The third-order valence-electron chi connectivity index (χ3n) is 8.35. The van der Waals surface area contributed by atoms with Crippen molar-refractivity contribution >= 4 is 17.3 Å². The summed E-state index contributed by atoms with van der Waals surface area (Å²) in [7, 11) is 0. The summed E-state index contributed by atoms with van der Waals surface area (Å²) in [6, 6.07) is 0. The van der Waals surface area contributed by atoms with Crippen LogP contribution in [-0.4, -0.2) is 29.1 Å². The van der Waals surface area contributed by atoms with E-state index >= 15 is 0 Å². The molecule has 6 atom stereocenters. The minimum atomic E-state index is -0.434. The van der Waals surface area contributed by atoms with E-state index in [-0.39, 0.29) is 40.0 Å². The van der Waals surface area contributed by atoms with Gasteiger partial charge in [-0.1, -0.05) is 32.4 Å². The van der Waals surface area contributed by atoms with E-state index < -0.39 is 12.0 Å². The van der Waals surface area contributed by atoms with Crippen LogP contribution >= 0.6 is 0 Å². The zero-order valence-corrected chi connectivity index (χ0v) is 15.9. The van der Waals surface area contributed by atoms with Gasteiger partial charge in [-0.2, -0.15) is 0 Å². The van der Waals surface area contributed by atoms with Crippen molar-refractivity contribution < 1.29 is 19.5 Å². The van der Waals surface area contributed by atoms with Gasteiger partial charge in [-0.25, -0.2) is 0 Å². The Bertz CT molecular complexity index is 762. The third kappa shape index (κ3) is 2.08. The van der Waals surface area contributed by atoms with Gasteiger partial charge in [0.2, 0.25) is 0 Å². The van der Waals surface area contributed by atoms with E-state index in [4.69, 9.17) is 0 Å². The maximum absolute atomic E-state index is 13.5. The molecule has 4 rings (SSSR count). The molecule has 0 radical (unpaired) electrons. The molecule has 1 unspecified atom stereocenters. The summed E-state index contributed by atoms with van der Waals surface area (Å²) >= 11 is 0. The molecule has 3 saturated carbocycles. The van der Waals surface area contributed by atoms with Crippen molar-refractivity contribution in [3.8, 4) is 0 Å². The summed E-state index contributed by atoms with van der Waals surface area (Å²) in [4.78, 5) is 37.7. The first-order chi connectivity index (χ1) is 12.2. The molecular weight excluding hydrogens is 328 g/mol. The lowest BCUT2D eigenvalue weighted by Gasteiger charge is -2.61. The summed E-state index contributed by atoms with van der Waals surface area (Å²) in [6.07, 6.45) is 9.12. The Balaban J connectivity index is 1.79. The standard InChI is InChI=1S/C22H28O4/c1-20-9-7-14(24)10-13(20)6-8-21(2)18-5-4-15(17(26)12-23)22(18,3)11-16(25)19(20)21/h7,9-10,15,18-19,23H,4-6,8,11-12H2,1-3H3/t15?,18-,19+,20-,21-,22+/m0/s1. The zero-order valence-electron chi connectivity index (χ0n) is 15.9. The van der Waals surface area contributed by atoms with Gasteiger partial charge in [-0.15, -0.1) is 0 Å². The lowest BCUT2D eigenvalue weighted by molar-refractivity contribution is -0.158. The molecule has 0 saturated heterocycles. The molecule has 4 heteroatoms. The highest BCUT2D eigenvalue weighted by molar-refractivity contribution is 6.02. The Kier molecular flexibility index (Phi) is 3.76. The van der Waals surface area contributed by atoms with E-state index in [2.05, 4.69) is 20.8 Å². The van der Waals surface area contributed by atoms with Crippen LogP contribution in [0.15, 0.2) is 23.8 Å². The fourth-order valence-electron chi connectivity index (χ4n) is 7.35. The minimum absolute atomic E-state index is 0.0173. The van der Waals surface area contributed by atoms with Crippen LogP contribution in [0.5, 0.6) is 0 Å². The van der Waals surface area contributed by atoms with Gasteiger partial charge in [0.1, 0.15) is 12.4 Å². The van der Waals surface area contributed by atoms with Gasteiger partial charge in [0, 0.05) is 23.7 Å². The quantitative estimate of drug-likeness (QED) is 0.825. The van der Waals surface area contributed by atoms with Crippen LogP contribution in [0.25, 0.3) is 0 Å². The van der Waals surface area contributed by atoms with E-state index in [1.165, 1.54) is 0 Å². The summed E-state index contributed by atoms with van der Waals surface area (Å²) in [5, 5.41) is 9.40. The van der Waals surface area contributed by atoms with Gasteiger partial charge in [-0.3, -0.25) is 14.4 Å². The predicted molar refractivity (Wildman–Crippen MR) is 97.2 cm³/mol. The molecule has 0 aromatic heterocycles. The fraction of sp³-hybridized carbons (Fsp3) is 0.682. The summed E-state index contributed by atoms with van der Waals surface area (Å²) in [6.45, 7) is 6.00. The van der Waals surface area contributed by atoms with Crippen molar-refractivity contribution in [1.82, 2.24) is 0 Å². The van der Waals surface area contributed by atoms with Crippen molar-refractivity contribution in [3.05, 3.63) is 23.8 Å². The van der Waals surface area contributed by atoms with Crippen molar-refractivity contribution in [2.24, 2.45) is 34.0 Å². The van der Waals surface area contributed by atoms with E-state index in [0.717, 1.165) is 31.3 Å². The van der Waals surface area contributed by atoms with Crippen LogP contribution in [0.2, 0.25) is 0 Å². The van der Waals surface area contributed by atoms with Crippen molar-refractivity contribution in [2.45, 2.75) is 52.9 Å². The lowest BCUT2D eigenvalue weighted by Crippen LogP contribution is -2.60. The van der Waals surface area contributed by atoms with Crippen LogP contribution in [0, 0.1) is 34.0 Å². The first kappa shape index (κ1) is 17.8. The molecule has 3 fully saturated rings. The highest BCUT2D eigenvalue weighted by Gasteiger charge is 2.67. The SMILES string of the molecule is C[C@@]12CCC3=CC(=O)C=C[C@]3(C)[C@H]1C(=O)C[C@]1(C)C(C(=O)CO)CC[C@@H]21. The number of allylic oxidation sites excluding steroid dienone is 4. The van der Waals surface area contributed by atoms with Crippen LogP contribution in [0.1, 0.15) is 52.9 Å². The Labute approximate surface area is 154 Å². The molecule has 4 aliphatic rings. The first-order valence-corrected chi connectivity index (χ1v) is 9.77. The molecule has 0 aliphatic heterocycles. The van der Waals surface area contributed by atoms with Crippen LogP contribution < -0.4 is 0 Å². The number of carbonyl (C=O) groups excluding carboxylic acids is 3. The minimum Gasteiger partial charge on any atom is -0.389 e. The van der Waals surface area contributed by atoms with Gasteiger partial charge in [0.25, 0.3) is 0 Å². The number of carbonyl (C=O) groups is 3. The molecule has 0 aromatic rings. The molecule has 26 heavy (non-hydrogen) atoms. The second-order valence-electron chi connectivity index (χ2n) is 9.58. The van der Waals surface area contributed by atoms with Gasteiger partial charge in [0.15, 0.2) is 11.6 Å². The first-order valence-electron chi connectivity index (χ1n) is 9.77. The number of ketones is 3. The number of rotatable bonds is 2. The molecule has 0 aromatic carbocycles. The number of hydrogen-bond acceptors (Lipinski definition) is 4. The van der Waals surface area contributed by atoms with E-state index in [1.54, 1.807) is 12.2 Å². The average molecular weight is 356 g/mol. The number of hydrogen-bond donors (Lipinski definition) is 1. The average Bonchev–Trinajstić information content (AvgIpc) is 2.92. The largest absolute Gasteiger partial charge is 0.389 e. The fourth-order valence-corrected chi connectivity index (χ4v) is 7.35. The predicted octanol–water partition coefficient (Wildman–Crippen LogP) is 3.04. The van der Waals surface area contributed by atoms with Gasteiger partial charge in [0.05, 0.1) is 0 Å². The molecule has 0 amide bonds. The van der Waals surface area contributed by atoms with E-state index in [9.17, 15) is 19.5 Å². The van der Waals surface area contributed by atoms with Crippen molar-refractivity contribution in [1.29, 1.82) is 0 Å². The van der Waals surface area contributed by atoms with Crippen LogP contribution in [0.4, 0.5) is 0 Å². The number of aliphatic hydroxyl groups is 1. The van der Waals surface area contributed by atoms with Gasteiger partial charge in [-0.05, 0) is 54.6 Å². The van der Waals surface area contributed by atoms with Crippen molar-refractivity contribution in [3.63, 3.8) is 0 Å². The second kappa shape index (κ2) is 5.48. The Morgan fingerprint density at radius 3 is 2.62 bits per heavy atom. The Hall–Kier alpha value is -1.55. The maximum Gasteiger partial charge on any atom is 0.178 e. The number of fused-ring (bicyclic) bond motifs is 5. The normalized spacial score (nSPS) is 47.1. The zero-order chi connectivity index (χ0) is 18.9. The number of aliphatic hydroxyl groups excluding tert-OH is 1. The summed E-state index contributed by atoms with van der Waals surface area (Å²) < 4.78 is 0. The van der Waals surface area contributed by atoms with Crippen molar-refractivity contribution in [2.75, 3.05) is 6.61 Å². The van der Waals surface area contributed by atoms with Gasteiger partial charge >= 0.3 is 0 Å². The lowest BCUT2D eigenvalue weighted by atomic mass is 9.41. The maximum atomic E-state index is 13.5. The Morgan fingerprint density at radius 1 is 1.19 bits per heavy atom. The highest BCUT2D eigenvalue weighted by Crippen LogP contribution is 2.70. The van der Waals surface area contributed by atoms with E-state index in [0.29, 0.717) is 12.3 Å². The molecule has 1 N–H and O–H groups in total. The summed E-state index contributed by atoms with van der Waals surface area (Å²) in [5.74, 6) is 0.0608. The monoisotopic (exact) mass is 356 g/mol. The highest BCUT2D eigenvalue weighted by atomic mass is 16.3.